The van der Waals surface area contributed by atoms with Gasteiger partial charge in [0.1, 0.15) is 35.6 Å². The van der Waals surface area contributed by atoms with Crippen molar-refractivity contribution in [2.45, 2.75) is 55.7 Å². The average molecular weight is 399 g/mol. The second-order valence-corrected chi connectivity index (χ2v) is 8.24. The van der Waals surface area contributed by atoms with Crippen molar-refractivity contribution in [1.82, 2.24) is 4.90 Å². The molecular weight excluding hydrogens is 371 g/mol. The van der Waals surface area contributed by atoms with E-state index in [1.807, 2.05) is 25.9 Å². The number of fused-ring (bicyclic) bond motifs is 1. The fourth-order valence-electron chi connectivity index (χ4n) is 3.27. The van der Waals surface area contributed by atoms with Gasteiger partial charge in [-0.2, -0.15) is 0 Å². The molecule has 1 saturated heterocycles. The molecule has 0 aromatic heterocycles. The molecule has 2 aliphatic rings. The number of benzene rings is 1. The maximum atomic E-state index is 12.9. The standard InChI is InChI=1S/C19H27FN2O4S/c1-11(25-10-4-5-12-6-8-13(20)9-7-12)17-16(24)15(23)14-18(26-17)27-19(21-14)22(2)3/h6-9,11,14-18,23-24H,4-5,10H2,1-3H3/t11-,14+,15+,16-,17+,18+/m0/s1. The van der Waals surface area contributed by atoms with Crippen LogP contribution in [0.15, 0.2) is 29.3 Å². The molecule has 6 atom stereocenters. The van der Waals surface area contributed by atoms with Gasteiger partial charge in [-0.3, -0.25) is 4.99 Å². The van der Waals surface area contributed by atoms with Crippen molar-refractivity contribution in [3.63, 3.8) is 0 Å². The summed E-state index contributed by atoms with van der Waals surface area (Å²) in [6.07, 6.45) is -1.46. The Morgan fingerprint density at radius 2 is 1.96 bits per heavy atom. The van der Waals surface area contributed by atoms with Crippen LogP contribution in [-0.2, 0) is 15.9 Å². The SMILES string of the molecule is C[C@H](OCCCc1ccc(F)cc1)[C@H]1O[C@@H]2SC(N(C)C)=N[C@@H]2[C@@H](O)[C@@H]1O. The highest BCUT2D eigenvalue weighted by Crippen LogP contribution is 2.38. The van der Waals surface area contributed by atoms with E-state index in [2.05, 4.69) is 4.99 Å². The summed E-state index contributed by atoms with van der Waals surface area (Å²) >= 11 is 1.45. The minimum atomic E-state index is -1.05. The van der Waals surface area contributed by atoms with Crippen molar-refractivity contribution in [3.8, 4) is 0 Å². The molecule has 2 heterocycles. The molecule has 27 heavy (non-hydrogen) atoms. The van der Waals surface area contributed by atoms with Crippen molar-refractivity contribution in [2.24, 2.45) is 4.99 Å². The van der Waals surface area contributed by atoms with Crippen molar-refractivity contribution in [3.05, 3.63) is 35.6 Å². The average Bonchev–Trinajstić information content (AvgIpc) is 3.08. The third-order valence-corrected chi connectivity index (χ3v) is 6.14. The summed E-state index contributed by atoms with van der Waals surface area (Å²) in [7, 11) is 3.77. The lowest BCUT2D eigenvalue weighted by molar-refractivity contribution is -0.191. The van der Waals surface area contributed by atoms with Gasteiger partial charge in [-0.15, -0.1) is 0 Å². The molecule has 6 nitrogen and oxygen atoms in total. The number of aliphatic hydroxyl groups excluding tert-OH is 2. The number of rotatable bonds is 6. The molecule has 0 saturated carbocycles. The van der Waals surface area contributed by atoms with E-state index in [0.717, 1.165) is 23.6 Å². The molecule has 3 rings (SSSR count). The molecule has 0 unspecified atom stereocenters. The Morgan fingerprint density at radius 1 is 1.26 bits per heavy atom. The third kappa shape index (κ3) is 4.81. The summed E-state index contributed by atoms with van der Waals surface area (Å²) in [6.45, 7) is 2.33. The number of aliphatic imine (C=N–C) groups is 1. The van der Waals surface area contributed by atoms with E-state index < -0.39 is 24.4 Å². The van der Waals surface area contributed by atoms with E-state index in [0.29, 0.717) is 6.61 Å². The van der Waals surface area contributed by atoms with Gasteiger partial charge in [0.2, 0.25) is 0 Å². The molecule has 0 bridgehead atoms. The first-order chi connectivity index (χ1) is 12.9. The summed E-state index contributed by atoms with van der Waals surface area (Å²) in [5.41, 5.74) is 0.728. The van der Waals surface area contributed by atoms with Gasteiger partial charge in [0, 0.05) is 20.7 Å². The van der Waals surface area contributed by atoms with Gasteiger partial charge in [-0.1, -0.05) is 23.9 Å². The van der Waals surface area contributed by atoms with Crippen LogP contribution in [-0.4, -0.2) is 76.9 Å². The molecule has 150 valence electrons. The Labute approximate surface area is 163 Å². The van der Waals surface area contributed by atoms with Gasteiger partial charge in [-0.05, 0) is 37.5 Å². The lowest BCUT2D eigenvalue weighted by Gasteiger charge is -2.40. The summed E-state index contributed by atoms with van der Waals surface area (Å²) in [6, 6.07) is 5.97. The first kappa shape index (κ1) is 20.5. The lowest BCUT2D eigenvalue weighted by atomic mass is 9.95. The Balaban J connectivity index is 1.48. The molecule has 1 aromatic rings. The Kier molecular flexibility index (Phi) is 6.75. The van der Waals surface area contributed by atoms with Gasteiger partial charge >= 0.3 is 0 Å². The maximum absolute atomic E-state index is 12.9. The Bertz CT molecular complexity index is 658. The van der Waals surface area contributed by atoms with E-state index in [9.17, 15) is 14.6 Å². The fraction of sp³-hybridized carbons (Fsp3) is 0.632. The van der Waals surface area contributed by atoms with E-state index in [4.69, 9.17) is 9.47 Å². The first-order valence-electron chi connectivity index (χ1n) is 9.16. The van der Waals surface area contributed by atoms with Crippen LogP contribution in [0.2, 0.25) is 0 Å². The number of aryl methyl sites for hydroxylation is 1. The Hall–Kier alpha value is -1.19. The number of aliphatic hydroxyl groups is 2. The van der Waals surface area contributed by atoms with Gasteiger partial charge in [-0.25, -0.2) is 4.39 Å². The number of hydrogen-bond acceptors (Lipinski definition) is 7. The van der Waals surface area contributed by atoms with Crippen LogP contribution in [0.25, 0.3) is 0 Å². The highest BCUT2D eigenvalue weighted by atomic mass is 32.2. The van der Waals surface area contributed by atoms with Gasteiger partial charge in [0.05, 0.1) is 6.10 Å². The molecule has 0 spiro atoms. The number of hydrogen-bond donors (Lipinski definition) is 2. The highest BCUT2D eigenvalue weighted by molar-refractivity contribution is 8.14. The quantitative estimate of drug-likeness (QED) is 0.710. The van der Waals surface area contributed by atoms with Crippen LogP contribution in [0.4, 0.5) is 4.39 Å². The smallest absolute Gasteiger partial charge is 0.161 e. The zero-order valence-corrected chi connectivity index (χ0v) is 16.6. The third-order valence-electron chi connectivity index (χ3n) is 4.84. The van der Waals surface area contributed by atoms with E-state index in [1.165, 1.54) is 23.9 Å². The second kappa shape index (κ2) is 8.87. The van der Waals surface area contributed by atoms with Crippen LogP contribution in [0.3, 0.4) is 0 Å². The predicted molar refractivity (Wildman–Crippen MR) is 103 cm³/mol. The number of halogens is 1. The van der Waals surface area contributed by atoms with Crippen molar-refractivity contribution < 1.29 is 24.1 Å². The summed E-state index contributed by atoms with van der Waals surface area (Å²) in [5, 5.41) is 21.7. The number of thioether (sulfide) groups is 1. The van der Waals surface area contributed by atoms with Crippen LogP contribution >= 0.6 is 11.8 Å². The zero-order chi connectivity index (χ0) is 19.6. The van der Waals surface area contributed by atoms with Gasteiger partial charge in [0.25, 0.3) is 0 Å². The minimum Gasteiger partial charge on any atom is -0.388 e. The van der Waals surface area contributed by atoms with Crippen LogP contribution < -0.4 is 0 Å². The lowest BCUT2D eigenvalue weighted by Crippen LogP contribution is -2.58. The predicted octanol–water partition coefficient (Wildman–Crippen LogP) is 1.64. The first-order valence-corrected chi connectivity index (χ1v) is 10.0. The van der Waals surface area contributed by atoms with Gasteiger partial charge in [0.15, 0.2) is 5.17 Å². The summed E-state index contributed by atoms with van der Waals surface area (Å²) in [5.74, 6) is -0.241. The monoisotopic (exact) mass is 398 g/mol. The fourth-order valence-corrected chi connectivity index (χ4v) is 4.42. The second-order valence-electron chi connectivity index (χ2n) is 7.17. The molecule has 1 fully saturated rings. The number of ether oxygens (including phenoxy) is 2. The van der Waals surface area contributed by atoms with Crippen molar-refractivity contribution >= 4 is 16.9 Å². The molecular formula is C19H27FN2O4S. The highest BCUT2D eigenvalue weighted by Gasteiger charge is 2.50. The molecule has 2 N–H and O–H groups in total. The van der Waals surface area contributed by atoms with E-state index >= 15 is 0 Å². The topological polar surface area (TPSA) is 74.5 Å². The minimum absolute atomic E-state index is 0.241. The number of amidine groups is 1. The number of nitrogens with zero attached hydrogens (tertiary/aromatic N) is 2. The largest absolute Gasteiger partial charge is 0.388 e. The van der Waals surface area contributed by atoms with Crippen LogP contribution in [0.1, 0.15) is 18.9 Å². The van der Waals surface area contributed by atoms with Crippen LogP contribution in [0.5, 0.6) is 0 Å². The van der Waals surface area contributed by atoms with Crippen molar-refractivity contribution in [2.75, 3.05) is 20.7 Å². The summed E-state index contributed by atoms with van der Waals surface area (Å²) < 4.78 is 24.8. The van der Waals surface area contributed by atoms with E-state index in [-0.39, 0.29) is 17.4 Å². The molecule has 2 aliphatic heterocycles. The Morgan fingerprint density at radius 3 is 2.63 bits per heavy atom. The van der Waals surface area contributed by atoms with Crippen LogP contribution in [0, 0.1) is 5.82 Å². The van der Waals surface area contributed by atoms with Crippen molar-refractivity contribution in [1.29, 1.82) is 0 Å². The molecule has 0 aliphatic carbocycles. The van der Waals surface area contributed by atoms with Gasteiger partial charge < -0.3 is 24.6 Å². The molecule has 8 heteroatoms. The van der Waals surface area contributed by atoms with E-state index in [1.54, 1.807) is 12.1 Å². The normalized spacial score (nSPS) is 31.3. The maximum Gasteiger partial charge on any atom is 0.161 e. The zero-order valence-electron chi connectivity index (χ0n) is 15.8. The molecule has 0 amide bonds. The molecule has 0 radical (unpaired) electrons. The molecule has 1 aromatic carbocycles. The summed E-state index contributed by atoms with van der Waals surface area (Å²) in [4.78, 5) is 6.32.